The van der Waals surface area contributed by atoms with Crippen molar-refractivity contribution in [2.24, 2.45) is 0 Å². The van der Waals surface area contributed by atoms with Gasteiger partial charge in [0.05, 0.1) is 6.04 Å². The van der Waals surface area contributed by atoms with Crippen LogP contribution in [0.1, 0.15) is 29.9 Å². The van der Waals surface area contributed by atoms with E-state index in [-0.39, 0.29) is 25.4 Å². The number of fused-ring (bicyclic) bond motifs is 3. The van der Waals surface area contributed by atoms with Gasteiger partial charge in [-0.1, -0.05) is 54.6 Å². The topological polar surface area (TPSA) is 75.6 Å². The van der Waals surface area contributed by atoms with Crippen molar-refractivity contribution in [2.45, 2.75) is 24.8 Å². The normalized spacial score (nSPS) is 13.4. The van der Waals surface area contributed by atoms with Crippen molar-refractivity contribution < 1.29 is 19.4 Å². The molecule has 0 bridgehead atoms. The smallest absolute Gasteiger partial charge is 0.407 e. The molecule has 5 heteroatoms. The molecule has 26 heavy (non-hydrogen) atoms. The third-order valence-electron chi connectivity index (χ3n) is 4.60. The molecule has 1 unspecified atom stereocenters. The van der Waals surface area contributed by atoms with Gasteiger partial charge in [-0.05, 0) is 28.7 Å². The zero-order valence-electron chi connectivity index (χ0n) is 14.4. The number of nitrogens with one attached hydrogen (secondary N) is 1. The van der Waals surface area contributed by atoms with E-state index in [1.807, 2.05) is 24.3 Å². The van der Waals surface area contributed by atoms with Crippen LogP contribution in [-0.2, 0) is 9.53 Å². The summed E-state index contributed by atoms with van der Waals surface area (Å²) in [7, 11) is 0. The van der Waals surface area contributed by atoms with Gasteiger partial charge in [0.15, 0.2) is 0 Å². The molecule has 2 aromatic rings. The van der Waals surface area contributed by atoms with E-state index in [0.717, 1.165) is 11.1 Å². The minimum atomic E-state index is -0.911. The second-order valence-electron chi connectivity index (χ2n) is 6.24. The first kappa shape index (κ1) is 17.7. The molecule has 2 aromatic carbocycles. The lowest BCUT2D eigenvalue weighted by Gasteiger charge is -2.17. The van der Waals surface area contributed by atoms with Gasteiger partial charge >= 0.3 is 12.1 Å². The SMILES string of the molecule is C=CC(CCC(=O)O)NC(=O)OCC1c2ccccc2-c2ccccc21. The third-order valence-corrected chi connectivity index (χ3v) is 4.60. The Bertz CT molecular complexity index is 785. The number of amides is 1. The summed E-state index contributed by atoms with van der Waals surface area (Å²) in [6.07, 6.45) is 1.19. The summed E-state index contributed by atoms with van der Waals surface area (Å²) < 4.78 is 5.43. The Morgan fingerprint density at radius 3 is 2.23 bits per heavy atom. The maximum atomic E-state index is 12.1. The molecule has 0 heterocycles. The molecule has 0 saturated heterocycles. The van der Waals surface area contributed by atoms with E-state index in [2.05, 4.69) is 36.2 Å². The van der Waals surface area contributed by atoms with Gasteiger partial charge in [-0.15, -0.1) is 6.58 Å². The van der Waals surface area contributed by atoms with E-state index in [1.54, 1.807) is 0 Å². The molecule has 2 N–H and O–H groups in total. The van der Waals surface area contributed by atoms with Crippen LogP contribution in [-0.4, -0.2) is 29.8 Å². The van der Waals surface area contributed by atoms with Crippen molar-refractivity contribution >= 4 is 12.1 Å². The number of aliphatic carboxylic acids is 1. The lowest BCUT2D eigenvalue weighted by molar-refractivity contribution is -0.137. The van der Waals surface area contributed by atoms with Crippen LogP contribution >= 0.6 is 0 Å². The van der Waals surface area contributed by atoms with E-state index in [0.29, 0.717) is 0 Å². The second kappa shape index (κ2) is 7.87. The molecular formula is C21H21NO4. The minimum absolute atomic E-state index is 0.00523. The van der Waals surface area contributed by atoms with E-state index < -0.39 is 18.1 Å². The summed E-state index contributed by atoms with van der Waals surface area (Å²) in [5, 5.41) is 11.4. The molecule has 0 radical (unpaired) electrons. The average Bonchev–Trinajstić information content (AvgIpc) is 2.97. The van der Waals surface area contributed by atoms with Gasteiger partial charge in [-0.2, -0.15) is 0 Å². The van der Waals surface area contributed by atoms with E-state index in [4.69, 9.17) is 9.84 Å². The Labute approximate surface area is 152 Å². The number of hydrogen-bond donors (Lipinski definition) is 2. The molecule has 1 amide bonds. The Morgan fingerprint density at radius 2 is 1.69 bits per heavy atom. The number of carboxylic acid groups (broad SMARTS) is 1. The molecule has 0 spiro atoms. The van der Waals surface area contributed by atoms with Crippen molar-refractivity contribution in [3.05, 3.63) is 72.3 Å². The highest BCUT2D eigenvalue weighted by Crippen LogP contribution is 2.44. The number of alkyl carbamates (subject to hydrolysis) is 1. The van der Waals surface area contributed by atoms with E-state index in [1.165, 1.54) is 17.2 Å². The first-order chi connectivity index (χ1) is 12.6. The molecule has 1 atom stereocenters. The second-order valence-corrected chi connectivity index (χ2v) is 6.24. The largest absolute Gasteiger partial charge is 0.481 e. The molecular weight excluding hydrogens is 330 g/mol. The fourth-order valence-corrected chi connectivity index (χ4v) is 3.32. The summed E-state index contributed by atoms with van der Waals surface area (Å²) >= 11 is 0. The van der Waals surface area contributed by atoms with Crippen molar-refractivity contribution in [2.75, 3.05) is 6.61 Å². The van der Waals surface area contributed by atoms with Crippen LogP contribution in [0.2, 0.25) is 0 Å². The maximum absolute atomic E-state index is 12.1. The van der Waals surface area contributed by atoms with Crippen LogP contribution in [0.15, 0.2) is 61.2 Å². The first-order valence-corrected chi connectivity index (χ1v) is 8.56. The quantitative estimate of drug-likeness (QED) is 0.741. The first-order valence-electron chi connectivity index (χ1n) is 8.56. The number of rotatable bonds is 7. The summed E-state index contributed by atoms with van der Waals surface area (Å²) in [5.41, 5.74) is 4.63. The fraction of sp³-hybridized carbons (Fsp3) is 0.238. The third kappa shape index (κ3) is 3.77. The molecule has 1 aliphatic rings. The zero-order chi connectivity index (χ0) is 18.5. The van der Waals surface area contributed by atoms with Crippen LogP contribution in [0.3, 0.4) is 0 Å². The summed E-state index contributed by atoms with van der Waals surface area (Å²) in [4.78, 5) is 22.8. The molecule has 0 aromatic heterocycles. The van der Waals surface area contributed by atoms with Crippen LogP contribution in [0, 0.1) is 0 Å². The number of ether oxygens (including phenoxy) is 1. The lowest BCUT2D eigenvalue weighted by atomic mass is 9.98. The predicted molar refractivity (Wildman–Crippen MR) is 99.1 cm³/mol. The standard InChI is InChI=1S/C21H21NO4/c1-2-14(11-12-20(23)24)22-21(25)26-13-19-17-9-5-3-7-15(17)16-8-4-6-10-18(16)19/h2-10,14,19H,1,11-13H2,(H,22,25)(H,23,24). The molecule has 0 fully saturated rings. The number of carbonyl (C=O) groups is 2. The monoisotopic (exact) mass is 351 g/mol. The van der Waals surface area contributed by atoms with Gasteiger partial charge in [0.1, 0.15) is 6.61 Å². The van der Waals surface area contributed by atoms with Crippen LogP contribution < -0.4 is 5.32 Å². The zero-order valence-corrected chi connectivity index (χ0v) is 14.4. The van der Waals surface area contributed by atoms with Crippen molar-refractivity contribution in [1.82, 2.24) is 5.32 Å². The molecule has 134 valence electrons. The highest BCUT2D eigenvalue weighted by Gasteiger charge is 2.29. The van der Waals surface area contributed by atoms with Gasteiger partial charge < -0.3 is 15.2 Å². The number of hydrogen-bond acceptors (Lipinski definition) is 3. The summed E-state index contributed by atoms with van der Waals surface area (Å²) in [6.45, 7) is 3.85. The molecule has 1 aliphatic carbocycles. The van der Waals surface area contributed by atoms with Gasteiger partial charge in [0.2, 0.25) is 0 Å². The van der Waals surface area contributed by atoms with Crippen molar-refractivity contribution in [3.63, 3.8) is 0 Å². The Kier molecular flexibility index (Phi) is 5.37. The van der Waals surface area contributed by atoms with Gasteiger partial charge in [-0.25, -0.2) is 4.79 Å². The summed E-state index contributed by atoms with van der Waals surface area (Å²) in [6, 6.07) is 15.8. The molecule has 0 aliphatic heterocycles. The van der Waals surface area contributed by atoms with Crippen molar-refractivity contribution in [1.29, 1.82) is 0 Å². The van der Waals surface area contributed by atoms with Crippen molar-refractivity contribution in [3.8, 4) is 11.1 Å². The molecule has 0 saturated carbocycles. The number of benzene rings is 2. The predicted octanol–water partition coefficient (Wildman–Crippen LogP) is 3.94. The minimum Gasteiger partial charge on any atom is -0.481 e. The summed E-state index contributed by atoms with van der Waals surface area (Å²) in [5.74, 6) is -0.916. The van der Waals surface area contributed by atoms with Gasteiger partial charge in [-0.3, -0.25) is 4.79 Å². The van der Waals surface area contributed by atoms with Crippen LogP contribution in [0.5, 0.6) is 0 Å². The highest BCUT2D eigenvalue weighted by molar-refractivity contribution is 5.79. The maximum Gasteiger partial charge on any atom is 0.407 e. The number of carbonyl (C=O) groups excluding carboxylic acids is 1. The Hall–Kier alpha value is -3.08. The highest BCUT2D eigenvalue weighted by atomic mass is 16.5. The number of carboxylic acids is 1. The lowest BCUT2D eigenvalue weighted by Crippen LogP contribution is -2.34. The molecule has 5 nitrogen and oxygen atoms in total. The van der Waals surface area contributed by atoms with Crippen LogP contribution in [0.25, 0.3) is 11.1 Å². The fourth-order valence-electron chi connectivity index (χ4n) is 3.32. The van der Waals surface area contributed by atoms with Gasteiger partial charge in [0.25, 0.3) is 0 Å². The Morgan fingerprint density at radius 1 is 1.12 bits per heavy atom. The van der Waals surface area contributed by atoms with Gasteiger partial charge in [0, 0.05) is 12.3 Å². The van der Waals surface area contributed by atoms with E-state index in [9.17, 15) is 9.59 Å². The average molecular weight is 351 g/mol. The van der Waals surface area contributed by atoms with E-state index >= 15 is 0 Å². The molecule has 3 rings (SSSR count). The van der Waals surface area contributed by atoms with Crippen LogP contribution in [0.4, 0.5) is 4.79 Å². The Balaban J connectivity index is 1.65.